The molecule has 2 N–H and O–H groups in total. The van der Waals surface area contributed by atoms with Gasteiger partial charge in [-0.15, -0.1) is 0 Å². The molecule has 1 aliphatic rings. The lowest BCUT2D eigenvalue weighted by Crippen LogP contribution is -2.53. The van der Waals surface area contributed by atoms with Crippen LogP contribution in [0.2, 0.25) is 0 Å². The molecule has 5 atom stereocenters. The number of nitrogens with one attached hydrogen (secondary N) is 1. The molecule has 0 aromatic heterocycles. The highest BCUT2D eigenvalue weighted by Gasteiger charge is 2.43. The molecule has 3 rings (SSSR count). The molecule has 0 saturated carbocycles. The topological polar surface area (TPSA) is 111 Å². The van der Waals surface area contributed by atoms with Crippen LogP contribution in [0.3, 0.4) is 0 Å². The Hall–Kier alpha value is -2.61. The highest BCUT2D eigenvalue weighted by Crippen LogP contribution is 2.36. The van der Waals surface area contributed by atoms with Crippen molar-refractivity contribution < 1.29 is 41.3 Å². The fourth-order valence-corrected chi connectivity index (χ4v) is 6.25. The molecular weight excluding hydrogens is 556 g/mol. The predicted octanol–water partition coefficient (Wildman–Crippen LogP) is 4.43. The van der Waals surface area contributed by atoms with E-state index in [0.29, 0.717) is 6.54 Å². The second kappa shape index (κ2) is 12.9. The monoisotopic (exact) mass is 590 g/mol. The number of nitrogens with zero attached hydrogens (tertiary/aromatic N) is 1. The zero-order valence-corrected chi connectivity index (χ0v) is 23.5. The van der Waals surface area contributed by atoms with E-state index in [9.17, 15) is 37.0 Å². The van der Waals surface area contributed by atoms with E-state index < -0.39 is 69.9 Å². The summed E-state index contributed by atoms with van der Waals surface area (Å²) in [7, 11) is -0.334. The fraction of sp³-hybridized carbons (Fsp3) is 0.556. The van der Waals surface area contributed by atoms with Crippen molar-refractivity contribution in [1.29, 1.82) is 0 Å². The van der Waals surface area contributed by atoms with Crippen molar-refractivity contribution in [3.63, 3.8) is 0 Å². The Morgan fingerprint density at radius 3 is 2.48 bits per heavy atom. The van der Waals surface area contributed by atoms with Crippen molar-refractivity contribution in [2.75, 3.05) is 25.2 Å². The molecule has 8 nitrogen and oxygen atoms in total. The van der Waals surface area contributed by atoms with Crippen LogP contribution in [0.25, 0.3) is 0 Å². The number of alkyl halides is 3. The minimum Gasteiger partial charge on any atom is -0.471 e. The Morgan fingerprint density at radius 1 is 1.18 bits per heavy atom. The number of halogens is 4. The number of hydrogen-bond acceptors (Lipinski definition) is 7. The first-order chi connectivity index (χ1) is 18.6. The minimum absolute atomic E-state index is 0.0563. The van der Waals surface area contributed by atoms with Crippen LogP contribution in [0.15, 0.2) is 36.4 Å². The summed E-state index contributed by atoms with van der Waals surface area (Å²) < 4.78 is 76.9. The highest BCUT2D eigenvalue weighted by molar-refractivity contribution is 7.85. The van der Waals surface area contributed by atoms with Crippen LogP contribution in [0.5, 0.6) is 5.75 Å². The van der Waals surface area contributed by atoms with Crippen molar-refractivity contribution in [3.05, 3.63) is 69.0 Å². The lowest BCUT2D eigenvalue weighted by Gasteiger charge is -2.35. The van der Waals surface area contributed by atoms with Crippen LogP contribution >= 0.6 is 0 Å². The van der Waals surface area contributed by atoms with Crippen molar-refractivity contribution in [3.8, 4) is 5.75 Å². The summed E-state index contributed by atoms with van der Waals surface area (Å²) in [5.74, 6) is -2.68. The summed E-state index contributed by atoms with van der Waals surface area (Å²) in [5, 5.41) is 25.7. The highest BCUT2D eigenvalue weighted by atomic mass is 32.2. The van der Waals surface area contributed by atoms with Gasteiger partial charge in [0.25, 0.3) is 0 Å². The second-order valence-electron chi connectivity index (χ2n) is 11.0. The number of methoxy groups -OCH3 is 1. The molecule has 1 aliphatic heterocycles. The Balaban J connectivity index is 1.80. The Kier molecular flexibility index (Phi) is 10.3. The zero-order valence-electron chi connectivity index (χ0n) is 22.7. The summed E-state index contributed by atoms with van der Waals surface area (Å²) >= 11 is 0. The van der Waals surface area contributed by atoms with Crippen LogP contribution in [0, 0.1) is 21.8 Å². The van der Waals surface area contributed by atoms with E-state index >= 15 is 0 Å². The molecule has 40 heavy (non-hydrogen) atoms. The molecule has 2 aromatic rings. The first-order valence-electron chi connectivity index (χ1n) is 12.6. The molecule has 13 heteroatoms. The second-order valence-corrected chi connectivity index (χ2v) is 12.5. The first kappa shape index (κ1) is 31.9. The van der Waals surface area contributed by atoms with Gasteiger partial charge in [0, 0.05) is 47.9 Å². The molecule has 0 radical (unpaired) electrons. The van der Waals surface area contributed by atoms with Crippen LogP contribution < -0.4 is 10.1 Å². The van der Waals surface area contributed by atoms with Gasteiger partial charge >= 0.3 is 11.9 Å². The van der Waals surface area contributed by atoms with E-state index in [-0.39, 0.29) is 28.9 Å². The number of nitro benzene ring substituents is 1. The normalized spacial score (nSPS) is 22.6. The lowest BCUT2D eigenvalue weighted by atomic mass is 9.86. The van der Waals surface area contributed by atoms with Gasteiger partial charge in [0.2, 0.25) is 17.7 Å². The molecule has 0 bridgehead atoms. The third-order valence-electron chi connectivity index (χ3n) is 6.74. The number of hydrogen-bond donors (Lipinski definition) is 2. The average Bonchev–Trinajstić information content (AvgIpc) is 2.83. The number of aliphatic hydroxyl groups excluding tert-OH is 1. The molecule has 0 spiro atoms. The quantitative estimate of drug-likeness (QED) is 0.239. The zero-order chi connectivity index (χ0) is 29.8. The Bertz CT molecular complexity index is 1220. The third kappa shape index (κ3) is 8.21. The van der Waals surface area contributed by atoms with Crippen molar-refractivity contribution in [2.45, 2.75) is 63.6 Å². The van der Waals surface area contributed by atoms with Crippen LogP contribution in [-0.4, -0.2) is 63.9 Å². The largest absolute Gasteiger partial charge is 0.471 e. The van der Waals surface area contributed by atoms with Crippen LogP contribution in [-0.2, 0) is 33.9 Å². The number of ether oxygens (including phenoxy) is 2. The molecule has 1 heterocycles. The van der Waals surface area contributed by atoms with Crippen molar-refractivity contribution in [1.82, 2.24) is 5.32 Å². The standard InChI is InChI=1S/C27H34F4N2O6S/c1-26(2,3)19-7-5-6-16(9-19)12-32-21-15-40(37)14-18(25(21)34)8-17-10-20(28)24(33(35)36)22(11-17)39-23(13-38-4)27(29,30)31/h5-7,9-11,18,21,23,25,32,34H,8,12-15H2,1-4H3/t18-,21+,23-,25+,40+/m1/s1. The van der Waals surface area contributed by atoms with E-state index in [1.54, 1.807) is 0 Å². The van der Waals surface area contributed by atoms with Gasteiger partial charge in [0.1, 0.15) is 0 Å². The summed E-state index contributed by atoms with van der Waals surface area (Å²) in [5.41, 5.74) is 0.880. The van der Waals surface area contributed by atoms with Crippen LogP contribution in [0.1, 0.15) is 37.5 Å². The minimum atomic E-state index is -4.93. The number of nitro groups is 1. The fourth-order valence-electron chi connectivity index (χ4n) is 4.60. The number of aliphatic hydroxyl groups is 1. The molecular formula is C27H34F4N2O6S. The smallest absolute Gasteiger partial charge is 0.427 e. The maximum Gasteiger partial charge on any atom is 0.427 e. The molecule has 0 aliphatic carbocycles. The third-order valence-corrected chi connectivity index (χ3v) is 8.27. The van der Waals surface area contributed by atoms with Crippen molar-refractivity contribution in [2.24, 2.45) is 5.92 Å². The Labute approximate surface area is 232 Å². The SMILES string of the molecule is COC[C@@H](Oc1cc(C[C@@H]2C[S@](=O)C[C@H](NCc3cccc(C(C)(C)C)c3)[C@H]2O)cc(F)c1[N+](=O)[O-])C(F)(F)F. The van der Waals surface area contributed by atoms with Gasteiger partial charge in [-0.2, -0.15) is 17.6 Å². The molecule has 0 unspecified atom stereocenters. The van der Waals surface area contributed by atoms with E-state index in [1.807, 2.05) is 18.2 Å². The van der Waals surface area contributed by atoms with Gasteiger partial charge < -0.3 is 19.9 Å². The number of benzene rings is 2. The van der Waals surface area contributed by atoms with Gasteiger partial charge in [-0.1, -0.05) is 45.0 Å². The van der Waals surface area contributed by atoms with Crippen molar-refractivity contribution >= 4 is 16.5 Å². The van der Waals surface area contributed by atoms with Gasteiger partial charge in [-0.3, -0.25) is 14.3 Å². The van der Waals surface area contributed by atoms with Gasteiger partial charge in [-0.25, -0.2) is 0 Å². The van der Waals surface area contributed by atoms with Gasteiger partial charge in [-0.05, 0) is 40.7 Å². The summed E-state index contributed by atoms with van der Waals surface area (Å²) in [6.07, 6.45) is -8.60. The van der Waals surface area contributed by atoms with Gasteiger partial charge in [0.15, 0.2) is 0 Å². The van der Waals surface area contributed by atoms with Crippen LogP contribution in [0.4, 0.5) is 23.2 Å². The summed E-state index contributed by atoms with van der Waals surface area (Å²) in [4.78, 5) is 10.3. The average molecular weight is 591 g/mol. The Morgan fingerprint density at radius 2 is 1.88 bits per heavy atom. The van der Waals surface area contributed by atoms with E-state index in [1.165, 1.54) is 0 Å². The molecule has 0 amide bonds. The first-order valence-corrected chi connectivity index (χ1v) is 14.1. The lowest BCUT2D eigenvalue weighted by molar-refractivity contribution is -0.389. The maximum absolute atomic E-state index is 14.8. The van der Waals surface area contributed by atoms with E-state index in [0.717, 1.165) is 30.4 Å². The maximum atomic E-state index is 14.8. The van der Waals surface area contributed by atoms with E-state index in [4.69, 9.17) is 4.74 Å². The predicted molar refractivity (Wildman–Crippen MR) is 142 cm³/mol. The number of rotatable bonds is 10. The van der Waals surface area contributed by atoms with E-state index in [2.05, 4.69) is 36.9 Å². The van der Waals surface area contributed by atoms with Gasteiger partial charge in [0.05, 0.1) is 17.6 Å². The molecule has 222 valence electrons. The summed E-state index contributed by atoms with van der Waals surface area (Å²) in [6, 6.07) is 9.18. The molecule has 1 fully saturated rings. The molecule has 2 aromatic carbocycles. The summed E-state index contributed by atoms with van der Waals surface area (Å²) in [6.45, 7) is 5.72. The molecule has 1 saturated heterocycles.